The summed E-state index contributed by atoms with van der Waals surface area (Å²) >= 11 is 0. The van der Waals surface area contributed by atoms with Crippen molar-refractivity contribution in [1.29, 1.82) is 0 Å². The van der Waals surface area contributed by atoms with Gasteiger partial charge in [0.2, 0.25) is 0 Å². The number of carbonyl (C=O) groups excluding carboxylic acids is 2. The Morgan fingerprint density at radius 1 is 1.00 bits per heavy atom. The van der Waals surface area contributed by atoms with Gasteiger partial charge in [-0.25, -0.2) is 9.59 Å². The van der Waals surface area contributed by atoms with Gasteiger partial charge in [-0.1, -0.05) is 48.5 Å². The fraction of sp³-hybridized carbons (Fsp3) is 0.417. The minimum Gasteiger partial charge on any atom is -0.449 e. The van der Waals surface area contributed by atoms with Crippen LogP contribution in [0.1, 0.15) is 44.2 Å². The standard InChI is InChI=1S/C24H30N2O4/c1-24(2,3)30-23(28)26(4)15-9-14-25-22(27)29-16-21-19-12-7-5-10-17(19)18-11-6-8-13-20(18)21/h5-8,10-13,21H,9,14-16H2,1-4H3,(H,25,27). The van der Waals surface area contributed by atoms with E-state index in [1.54, 1.807) is 7.05 Å². The van der Waals surface area contributed by atoms with Crippen molar-refractivity contribution in [3.05, 3.63) is 59.7 Å². The number of fused-ring (bicyclic) bond motifs is 3. The zero-order valence-corrected chi connectivity index (χ0v) is 18.1. The van der Waals surface area contributed by atoms with Crippen LogP contribution in [0.3, 0.4) is 0 Å². The van der Waals surface area contributed by atoms with Gasteiger partial charge in [-0.05, 0) is 49.4 Å². The van der Waals surface area contributed by atoms with Crippen LogP contribution in [0.2, 0.25) is 0 Å². The van der Waals surface area contributed by atoms with Crippen LogP contribution >= 0.6 is 0 Å². The minimum absolute atomic E-state index is 0.0430. The van der Waals surface area contributed by atoms with Crippen molar-refractivity contribution < 1.29 is 19.1 Å². The first-order valence-electron chi connectivity index (χ1n) is 10.3. The predicted molar refractivity (Wildman–Crippen MR) is 117 cm³/mol. The fourth-order valence-corrected chi connectivity index (χ4v) is 3.59. The number of rotatable bonds is 6. The van der Waals surface area contributed by atoms with Crippen molar-refractivity contribution in [1.82, 2.24) is 10.2 Å². The second-order valence-electron chi connectivity index (χ2n) is 8.51. The Bertz CT molecular complexity index is 859. The highest BCUT2D eigenvalue weighted by Crippen LogP contribution is 2.44. The number of carbonyl (C=O) groups is 2. The van der Waals surface area contributed by atoms with Crippen molar-refractivity contribution in [2.24, 2.45) is 0 Å². The molecule has 2 aromatic carbocycles. The van der Waals surface area contributed by atoms with E-state index in [1.807, 2.05) is 45.0 Å². The maximum Gasteiger partial charge on any atom is 0.410 e. The van der Waals surface area contributed by atoms with Gasteiger partial charge >= 0.3 is 12.2 Å². The van der Waals surface area contributed by atoms with Gasteiger partial charge in [0, 0.05) is 26.1 Å². The summed E-state index contributed by atoms with van der Waals surface area (Å²) in [6.07, 6.45) is -0.208. The lowest BCUT2D eigenvalue weighted by Crippen LogP contribution is -2.36. The zero-order valence-electron chi connectivity index (χ0n) is 18.1. The molecule has 3 rings (SSSR count). The van der Waals surface area contributed by atoms with Gasteiger partial charge in [-0.15, -0.1) is 0 Å². The second-order valence-corrected chi connectivity index (χ2v) is 8.51. The normalized spacial score (nSPS) is 12.7. The molecule has 0 saturated carbocycles. The lowest BCUT2D eigenvalue weighted by molar-refractivity contribution is 0.0297. The smallest absolute Gasteiger partial charge is 0.410 e. The molecule has 6 heteroatoms. The molecule has 0 unspecified atom stereocenters. The molecule has 1 aliphatic rings. The molecule has 1 N–H and O–H groups in total. The number of ether oxygens (including phenoxy) is 2. The molecule has 0 saturated heterocycles. The third-order valence-electron chi connectivity index (χ3n) is 4.99. The summed E-state index contributed by atoms with van der Waals surface area (Å²) in [6.45, 7) is 6.69. The number of nitrogens with one attached hydrogen (secondary N) is 1. The summed E-state index contributed by atoms with van der Waals surface area (Å²) in [5, 5.41) is 2.76. The van der Waals surface area contributed by atoms with E-state index in [9.17, 15) is 9.59 Å². The monoisotopic (exact) mass is 410 g/mol. The summed E-state index contributed by atoms with van der Waals surface area (Å²) in [5.41, 5.74) is 4.25. The molecule has 0 spiro atoms. The van der Waals surface area contributed by atoms with E-state index in [2.05, 4.69) is 29.6 Å². The number of nitrogens with zero attached hydrogens (tertiary/aromatic N) is 1. The van der Waals surface area contributed by atoms with Crippen LogP contribution in [-0.2, 0) is 9.47 Å². The lowest BCUT2D eigenvalue weighted by atomic mass is 9.98. The SMILES string of the molecule is CN(CCCNC(=O)OCC1c2ccccc2-c2ccccc21)C(=O)OC(C)(C)C. The summed E-state index contributed by atoms with van der Waals surface area (Å²) in [5.74, 6) is 0.0430. The van der Waals surface area contributed by atoms with Gasteiger partial charge in [0.05, 0.1) is 0 Å². The van der Waals surface area contributed by atoms with Crippen LogP contribution < -0.4 is 5.32 Å². The van der Waals surface area contributed by atoms with Gasteiger partial charge in [0.25, 0.3) is 0 Å². The molecule has 0 aliphatic heterocycles. The fourth-order valence-electron chi connectivity index (χ4n) is 3.59. The molecule has 0 radical (unpaired) electrons. The molecule has 160 valence electrons. The van der Waals surface area contributed by atoms with E-state index < -0.39 is 11.7 Å². The van der Waals surface area contributed by atoms with E-state index in [0.717, 1.165) is 0 Å². The number of benzene rings is 2. The molecular weight excluding hydrogens is 380 g/mol. The van der Waals surface area contributed by atoms with Crippen LogP contribution in [0.15, 0.2) is 48.5 Å². The van der Waals surface area contributed by atoms with E-state index in [-0.39, 0.29) is 18.6 Å². The minimum atomic E-state index is -0.523. The molecule has 0 fully saturated rings. The molecule has 0 bridgehead atoms. The molecule has 1 aliphatic carbocycles. The quantitative estimate of drug-likeness (QED) is 0.696. The van der Waals surface area contributed by atoms with Gasteiger partial charge in [-0.3, -0.25) is 0 Å². The average molecular weight is 411 g/mol. The zero-order chi connectivity index (χ0) is 21.7. The van der Waals surface area contributed by atoms with Crippen LogP contribution in [0, 0.1) is 0 Å². The largest absolute Gasteiger partial charge is 0.449 e. The third kappa shape index (κ3) is 5.32. The Labute approximate surface area is 178 Å². The van der Waals surface area contributed by atoms with Crippen molar-refractivity contribution >= 4 is 12.2 Å². The maximum absolute atomic E-state index is 12.2. The number of amides is 2. The Morgan fingerprint density at radius 2 is 1.57 bits per heavy atom. The highest BCUT2D eigenvalue weighted by atomic mass is 16.6. The lowest BCUT2D eigenvalue weighted by Gasteiger charge is -2.24. The summed E-state index contributed by atoms with van der Waals surface area (Å²) in [4.78, 5) is 25.6. The first-order chi connectivity index (χ1) is 14.3. The Balaban J connectivity index is 1.44. The van der Waals surface area contributed by atoms with Gasteiger partial charge in [0.15, 0.2) is 0 Å². The molecule has 6 nitrogen and oxygen atoms in total. The molecule has 2 amide bonds. The van der Waals surface area contributed by atoms with Crippen LogP contribution in [0.25, 0.3) is 11.1 Å². The van der Waals surface area contributed by atoms with Crippen molar-refractivity contribution in [3.63, 3.8) is 0 Å². The van der Waals surface area contributed by atoms with Crippen molar-refractivity contribution in [3.8, 4) is 11.1 Å². The molecule has 0 heterocycles. The highest BCUT2D eigenvalue weighted by Gasteiger charge is 2.29. The number of hydrogen-bond donors (Lipinski definition) is 1. The van der Waals surface area contributed by atoms with Crippen LogP contribution in [-0.4, -0.2) is 49.4 Å². The Morgan fingerprint density at radius 3 is 2.13 bits per heavy atom. The van der Waals surface area contributed by atoms with Crippen molar-refractivity contribution in [2.45, 2.75) is 38.7 Å². The van der Waals surface area contributed by atoms with Gasteiger partial charge in [0.1, 0.15) is 12.2 Å². The molecule has 0 aromatic heterocycles. The Hall–Kier alpha value is -3.02. The number of hydrogen-bond acceptors (Lipinski definition) is 4. The summed E-state index contributed by atoms with van der Waals surface area (Å²) in [6, 6.07) is 16.5. The third-order valence-corrected chi connectivity index (χ3v) is 4.99. The molecular formula is C24H30N2O4. The first-order valence-corrected chi connectivity index (χ1v) is 10.3. The van der Waals surface area contributed by atoms with E-state index in [0.29, 0.717) is 19.5 Å². The van der Waals surface area contributed by atoms with E-state index >= 15 is 0 Å². The Kier molecular flexibility index (Phi) is 6.65. The highest BCUT2D eigenvalue weighted by molar-refractivity contribution is 5.79. The second kappa shape index (κ2) is 9.20. The maximum atomic E-state index is 12.2. The molecule has 30 heavy (non-hydrogen) atoms. The number of alkyl carbamates (subject to hydrolysis) is 1. The topological polar surface area (TPSA) is 67.9 Å². The summed E-state index contributed by atoms with van der Waals surface area (Å²) in [7, 11) is 1.68. The predicted octanol–water partition coefficient (Wildman–Crippen LogP) is 4.78. The van der Waals surface area contributed by atoms with Crippen molar-refractivity contribution in [2.75, 3.05) is 26.7 Å². The molecule has 0 atom stereocenters. The van der Waals surface area contributed by atoms with Gasteiger partial charge in [-0.2, -0.15) is 0 Å². The first kappa shape index (κ1) is 21.7. The van der Waals surface area contributed by atoms with E-state index in [1.165, 1.54) is 27.2 Å². The molecule has 2 aromatic rings. The summed E-state index contributed by atoms with van der Waals surface area (Å²) < 4.78 is 10.8. The van der Waals surface area contributed by atoms with E-state index in [4.69, 9.17) is 9.47 Å². The van der Waals surface area contributed by atoms with Gasteiger partial charge < -0.3 is 19.7 Å². The average Bonchev–Trinajstić information content (AvgIpc) is 3.02. The van der Waals surface area contributed by atoms with Crippen LogP contribution in [0.5, 0.6) is 0 Å². The van der Waals surface area contributed by atoms with Crippen LogP contribution in [0.4, 0.5) is 9.59 Å².